The van der Waals surface area contributed by atoms with Gasteiger partial charge in [-0.3, -0.25) is 4.90 Å². The molecule has 1 aromatic rings. The molecule has 1 heterocycles. The minimum absolute atomic E-state index is 0.450. The van der Waals surface area contributed by atoms with Gasteiger partial charge in [-0.05, 0) is 37.8 Å². The molecule has 0 aliphatic carbocycles. The zero-order valence-corrected chi connectivity index (χ0v) is 11.4. The van der Waals surface area contributed by atoms with Gasteiger partial charge in [-0.15, -0.1) is 0 Å². The molecule has 0 radical (unpaired) electrons. The molecule has 1 unspecified atom stereocenters. The summed E-state index contributed by atoms with van der Waals surface area (Å²) in [5.74, 6) is 1.09. The molecule has 0 saturated carbocycles. The average Bonchev–Trinajstić information content (AvgIpc) is 2.36. The molecule has 1 aliphatic rings. The third-order valence-corrected chi connectivity index (χ3v) is 3.72. The number of hydrogen-bond acceptors (Lipinski definition) is 3. The van der Waals surface area contributed by atoms with E-state index in [2.05, 4.69) is 4.90 Å². The second-order valence-corrected chi connectivity index (χ2v) is 5.28. The lowest BCUT2D eigenvalue weighted by atomic mass is 9.98. The van der Waals surface area contributed by atoms with Crippen molar-refractivity contribution in [2.75, 3.05) is 26.8 Å². The number of nitrogens with zero attached hydrogens (tertiary/aromatic N) is 1. The van der Waals surface area contributed by atoms with Crippen molar-refractivity contribution in [2.24, 2.45) is 5.92 Å². The summed E-state index contributed by atoms with van der Waals surface area (Å²) in [4.78, 5) is 2.42. The Morgan fingerprint density at radius 2 is 2.28 bits per heavy atom. The van der Waals surface area contributed by atoms with Crippen LogP contribution in [0.25, 0.3) is 0 Å². The van der Waals surface area contributed by atoms with Gasteiger partial charge < -0.3 is 9.84 Å². The molecule has 1 fully saturated rings. The number of aromatic hydroxyl groups is 1. The van der Waals surface area contributed by atoms with Crippen LogP contribution in [-0.2, 0) is 11.3 Å². The number of hydrogen-bond donors (Lipinski definition) is 1. The number of phenolic OH excluding ortho intramolecular Hbond substituents is 1. The van der Waals surface area contributed by atoms with E-state index in [1.165, 1.54) is 12.8 Å². The summed E-state index contributed by atoms with van der Waals surface area (Å²) >= 11 is 0. The van der Waals surface area contributed by atoms with Crippen molar-refractivity contribution in [1.82, 2.24) is 4.90 Å². The van der Waals surface area contributed by atoms with E-state index in [0.29, 0.717) is 11.7 Å². The minimum Gasteiger partial charge on any atom is -0.507 e. The normalized spacial score (nSPS) is 21.1. The highest BCUT2D eigenvalue weighted by Crippen LogP contribution is 2.25. The molecule has 1 aromatic carbocycles. The SMILES string of the molecule is COCC1CCCN(Cc2cccc(C)c2O)C1. The van der Waals surface area contributed by atoms with Gasteiger partial charge in [-0.1, -0.05) is 18.2 Å². The average molecular weight is 249 g/mol. The predicted molar refractivity (Wildman–Crippen MR) is 72.7 cm³/mol. The lowest BCUT2D eigenvalue weighted by Gasteiger charge is -2.32. The molecule has 1 saturated heterocycles. The quantitative estimate of drug-likeness (QED) is 0.890. The number of ether oxygens (including phenoxy) is 1. The van der Waals surface area contributed by atoms with Crippen LogP contribution >= 0.6 is 0 Å². The van der Waals surface area contributed by atoms with E-state index in [9.17, 15) is 5.11 Å². The molecular formula is C15H23NO2. The highest BCUT2D eigenvalue weighted by atomic mass is 16.5. The Kier molecular flexibility index (Phi) is 4.61. The summed E-state index contributed by atoms with van der Waals surface area (Å²) < 4.78 is 5.25. The summed E-state index contributed by atoms with van der Waals surface area (Å²) in [6, 6.07) is 5.98. The van der Waals surface area contributed by atoms with Crippen LogP contribution < -0.4 is 0 Å². The van der Waals surface area contributed by atoms with Gasteiger partial charge in [0.15, 0.2) is 0 Å². The molecular weight excluding hydrogens is 226 g/mol. The van der Waals surface area contributed by atoms with Gasteiger partial charge >= 0.3 is 0 Å². The molecule has 3 heteroatoms. The van der Waals surface area contributed by atoms with Crippen molar-refractivity contribution in [3.05, 3.63) is 29.3 Å². The Labute approximate surface area is 109 Å². The minimum atomic E-state index is 0.450. The van der Waals surface area contributed by atoms with Crippen LogP contribution in [0.1, 0.15) is 24.0 Å². The topological polar surface area (TPSA) is 32.7 Å². The number of piperidine rings is 1. The standard InChI is InChI=1S/C15H23NO2/c1-12-5-3-7-14(15(12)17)10-16-8-4-6-13(9-16)11-18-2/h3,5,7,13,17H,4,6,8-11H2,1-2H3. The zero-order valence-electron chi connectivity index (χ0n) is 11.4. The smallest absolute Gasteiger partial charge is 0.122 e. The van der Waals surface area contributed by atoms with E-state index in [1.807, 2.05) is 25.1 Å². The maximum absolute atomic E-state index is 10.0. The molecule has 100 valence electrons. The first-order chi connectivity index (χ1) is 8.70. The molecule has 0 spiro atoms. The van der Waals surface area contributed by atoms with Crippen molar-refractivity contribution in [1.29, 1.82) is 0 Å². The fourth-order valence-electron chi connectivity index (χ4n) is 2.75. The maximum atomic E-state index is 10.0. The van der Waals surface area contributed by atoms with E-state index < -0.39 is 0 Å². The zero-order chi connectivity index (χ0) is 13.0. The first-order valence-corrected chi connectivity index (χ1v) is 6.69. The molecule has 2 rings (SSSR count). The molecule has 1 atom stereocenters. The number of rotatable bonds is 4. The highest BCUT2D eigenvalue weighted by Gasteiger charge is 2.20. The fraction of sp³-hybridized carbons (Fsp3) is 0.600. The van der Waals surface area contributed by atoms with Gasteiger partial charge in [-0.2, -0.15) is 0 Å². The number of methoxy groups -OCH3 is 1. The molecule has 3 nitrogen and oxygen atoms in total. The molecule has 0 aromatic heterocycles. The van der Waals surface area contributed by atoms with E-state index in [-0.39, 0.29) is 0 Å². The molecule has 1 N–H and O–H groups in total. The largest absolute Gasteiger partial charge is 0.507 e. The second kappa shape index (κ2) is 6.21. The lowest BCUT2D eigenvalue weighted by molar-refractivity contribution is 0.0870. The highest BCUT2D eigenvalue weighted by molar-refractivity contribution is 5.39. The van der Waals surface area contributed by atoms with E-state index >= 15 is 0 Å². The van der Waals surface area contributed by atoms with Gasteiger partial charge in [0.1, 0.15) is 5.75 Å². The number of phenols is 1. The van der Waals surface area contributed by atoms with Crippen LogP contribution in [0.3, 0.4) is 0 Å². The Morgan fingerprint density at radius 3 is 3.06 bits per heavy atom. The Hall–Kier alpha value is -1.06. The van der Waals surface area contributed by atoms with Crippen LogP contribution in [0.15, 0.2) is 18.2 Å². The van der Waals surface area contributed by atoms with Gasteiger partial charge in [0, 0.05) is 25.8 Å². The number of para-hydroxylation sites is 1. The third kappa shape index (κ3) is 3.24. The van der Waals surface area contributed by atoms with Crippen molar-refractivity contribution in [2.45, 2.75) is 26.3 Å². The van der Waals surface area contributed by atoms with E-state index in [0.717, 1.165) is 37.4 Å². The summed E-state index contributed by atoms with van der Waals surface area (Å²) in [5.41, 5.74) is 1.99. The van der Waals surface area contributed by atoms with E-state index in [4.69, 9.17) is 4.74 Å². The molecule has 0 amide bonds. The fourth-order valence-corrected chi connectivity index (χ4v) is 2.75. The number of benzene rings is 1. The Bertz CT molecular complexity index is 390. The Morgan fingerprint density at radius 1 is 1.44 bits per heavy atom. The van der Waals surface area contributed by atoms with Crippen LogP contribution in [0.5, 0.6) is 5.75 Å². The van der Waals surface area contributed by atoms with Crippen molar-refractivity contribution >= 4 is 0 Å². The summed E-state index contributed by atoms with van der Waals surface area (Å²) in [7, 11) is 1.77. The van der Waals surface area contributed by atoms with Gasteiger partial charge in [-0.25, -0.2) is 0 Å². The van der Waals surface area contributed by atoms with Crippen LogP contribution in [0.4, 0.5) is 0 Å². The van der Waals surface area contributed by atoms with Gasteiger partial charge in [0.05, 0.1) is 6.61 Å². The van der Waals surface area contributed by atoms with Crippen LogP contribution in [0.2, 0.25) is 0 Å². The van der Waals surface area contributed by atoms with Gasteiger partial charge in [0.2, 0.25) is 0 Å². The molecule has 18 heavy (non-hydrogen) atoms. The predicted octanol–water partition coefficient (Wildman–Crippen LogP) is 2.56. The number of likely N-dealkylation sites (tertiary alicyclic amines) is 1. The summed E-state index contributed by atoms with van der Waals surface area (Å²) in [6.45, 7) is 5.82. The second-order valence-electron chi connectivity index (χ2n) is 5.28. The maximum Gasteiger partial charge on any atom is 0.122 e. The van der Waals surface area contributed by atoms with Crippen molar-refractivity contribution in [3.63, 3.8) is 0 Å². The van der Waals surface area contributed by atoms with Crippen LogP contribution in [0, 0.1) is 12.8 Å². The molecule has 0 bridgehead atoms. The van der Waals surface area contributed by atoms with E-state index in [1.54, 1.807) is 7.11 Å². The lowest BCUT2D eigenvalue weighted by Crippen LogP contribution is -2.36. The van der Waals surface area contributed by atoms with Crippen molar-refractivity contribution < 1.29 is 9.84 Å². The third-order valence-electron chi connectivity index (χ3n) is 3.72. The van der Waals surface area contributed by atoms with Gasteiger partial charge in [0.25, 0.3) is 0 Å². The van der Waals surface area contributed by atoms with Crippen molar-refractivity contribution in [3.8, 4) is 5.75 Å². The summed E-state index contributed by atoms with van der Waals surface area (Å²) in [5, 5.41) is 10.0. The first-order valence-electron chi connectivity index (χ1n) is 6.69. The summed E-state index contributed by atoms with van der Waals surface area (Å²) in [6.07, 6.45) is 2.48. The Balaban J connectivity index is 1.98. The number of aryl methyl sites for hydroxylation is 1. The monoisotopic (exact) mass is 249 g/mol. The molecule has 1 aliphatic heterocycles. The first kappa shape index (κ1) is 13.4. The van der Waals surface area contributed by atoms with Crippen LogP contribution in [-0.4, -0.2) is 36.8 Å².